The van der Waals surface area contributed by atoms with E-state index in [-0.39, 0.29) is 17.3 Å². The molecule has 0 spiro atoms. The van der Waals surface area contributed by atoms with E-state index in [1.165, 1.54) is 6.33 Å². The van der Waals surface area contributed by atoms with E-state index in [1.54, 1.807) is 19.1 Å². The molecule has 1 aliphatic rings. The summed E-state index contributed by atoms with van der Waals surface area (Å²) in [6.45, 7) is 6.64. The Hall–Kier alpha value is -2.08. The Morgan fingerprint density at radius 1 is 1.25 bits per heavy atom. The van der Waals surface area contributed by atoms with Crippen LogP contribution in [0.5, 0.6) is 0 Å². The predicted molar refractivity (Wildman–Crippen MR) is 105 cm³/mol. The molecule has 1 fully saturated rings. The van der Waals surface area contributed by atoms with Crippen LogP contribution in [0.4, 0.5) is 17.3 Å². The van der Waals surface area contributed by atoms with Crippen molar-refractivity contribution in [2.45, 2.75) is 6.42 Å². The minimum absolute atomic E-state index is 0.124. The lowest BCUT2D eigenvalue weighted by Crippen LogP contribution is -2.37. The fraction of sp³-hybridized carbons (Fsp3) is 0.765. The van der Waals surface area contributed by atoms with Gasteiger partial charge in [-0.15, -0.1) is 0 Å². The molecule has 0 aliphatic carbocycles. The average Bonchev–Trinajstić information content (AvgIpc) is 2.72. The highest BCUT2D eigenvalue weighted by atomic mass is 16.6. The summed E-state index contributed by atoms with van der Waals surface area (Å²) >= 11 is 0. The number of anilines is 2. The third-order valence-corrected chi connectivity index (χ3v) is 4.46. The standard InChI is InChI=1S/C17H30N6O5/c1-26-10-8-22(9-11-27-2)17-15(23(24)25)16(19-14-20-17)18-4-3-5-21-6-12-28-13-7-21/h14H,3-13H2,1-2H3,(H,18,19,20). The first-order chi connectivity index (χ1) is 13.7. The van der Waals surface area contributed by atoms with Crippen molar-refractivity contribution >= 4 is 17.3 Å². The number of aromatic nitrogens is 2. The molecular formula is C17H30N6O5. The van der Waals surface area contributed by atoms with Crippen LogP contribution in [-0.2, 0) is 14.2 Å². The molecule has 0 unspecified atom stereocenters. The molecule has 0 radical (unpaired) electrons. The van der Waals surface area contributed by atoms with Gasteiger partial charge >= 0.3 is 5.69 Å². The summed E-state index contributed by atoms with van der Waals surface area (Å²) in [7, 11) is 3.18. The molecule has 1 N–H and O–H groups in total. The quantitative estimate of drug-likeness (QED) is 0.288. The molecular weight excluding hydrogens is 368 g/mol. The third-order valence-electron chi connectivity index (χ3n) is 4.46. The molecule has 2 rings (SSSR count). The van der Waals surface area contributed by atoms with E-state index < -0.39 is 4.92 Å². The lowest BCUT2D eigenvalue weighted by atomic mass is 10.3. The molecule has 1 aliphatic heterocycles. The number of methoxy groups -OCH3 is 2. The zero-order valence-electron chi connectivity index (χ0n) is 16.6. The molecule has 28 heavy (non-hydrogen) atoms. The maximum atomic E-state index is 11.7. The van der Waals surface area contributed by atoms with Crippen molar-refractivity contribution in [3.8, 4) is 0 Å². The summed E-state index contributed by atoms with van der Waals surface area (Å²) in [5, 5.41) is 14.9. The summed E-state index contributed by atoms with van der Waals surface area (Å²) < 4.78 is 15.6. The summed E-state index contributed by atoms with van der Waals surface area (Å²) in [6, 6.07) is 0. The van der Waals surface area contributed by atoms with Crippen molar-refractivity contribution in [3.05, 3.63) is 16.4 Å². The van der Waals surface area contributed by atoms with Gasteiger partial charge in [0, 0.05) is 46.9 Å². The van der Waals surface area contributed by atoms with Crippen LogP contribution in [0, 0.1) is 10.1 Å². The lowest BCUT2D eigenvalue weighted by Gasteiger charge is -2.26. The fourth-order valence-corrected chi connectivity index (χ4v) is 2.96. The largest absolute Gasteiger partial charge is 0.383 e. The van der Waals surface area contributed by atoms with Gasteiger partial charge in [-0.1, -0.05) is 0 Å². The van der Waals surface area contributed by atoms with Crippen LogP contribution in [0.3, 0.4) is 0 Å². The molecule has 1 saturated heterocycles. The molecule has 11 heteroatoms. The van der Waals surface area contributed by atoms with Crippen molar-refractivity contribution in [2.24, 2.45) is 0 Å². The van der Waals surface area contributed by atoms with Gasteiger partial charge in [-0.25, -0.2) is 9.97 Å². The number of nitrogens with zero attached hydrogens (tertiary/aromatic N) is 5. The Morgan fingerprint density at radius 2 is 1.93 bits per heavy atom. The third kappa shape index (κ3) is 6.82. The first-order valence-electron chi connectivity index (χ1n) is 9.43. The number of ether oxygens (including phenoxy) is 3. The van der Waals surface area contributed by atoms with E-state index in [0.717, 1.165) is 39.3 Å². The highest BCUT2D eigenvalue weighted by Gasteiger charge is 2.26. The fourth-order valence-electron chi connectivity index (χ4n) is 2.96. The van der Waals surface area contributed by atoms with Crippen molar-refractivity contribution in [3.63, 3.8) is 0 Å². The van der Waals surface area contributed by atoms with Crippen LogP contribution in [0.15, 0.2) is 6.33 Å². The smallest absolute Gasteiger partial charge is 0.353 e. The highest BCUT2D eigenvalue weighted by molar-refractivity contribution is 5.70. The molecule has 2 heterocycles. The van der Waals surface area contributed by atoms with E-state index in [2.05, 4.69) is 20.2 Å². The zero-order chi connectivity index (χ0) is 20.2. The van der Waals surface area contributed by atoms with E-state index in [1.807, 2.05) is 0 Å². The molecule has 0 amide bonds. The van der Waals surface area contributed by atoms with Gasteiger partial charge < -0.3 is 24.4 Å². The molecule has 11 nitrogen and oxygen atoms in total. The maximum Gasteiger partial charge on any atom is 0.353 e. The van der Waals surface area contributed by atoms with E-state index in [9.17, 15) is 10.1 Å². The van der Waals surface area contributed by atoms with E-state index in [4.69, 9.17) is 14.2 Å². The molecule has 0 saturated carbocycles. The van der Waals surface area contributed by atoms with Crippen LogP contribution in [-0.4, -0.2) is 99.7 Å². The predicted octanol–water partition coefficient (Wildman–Crippen LogP) is 0.618. The van der Waals surface area contributed by atoms with Crippen molar-refractivity contribution in [1.82, 2.24) is 14.9 Å². The summed E-state index contributed by atoms with van der Waals surface area (Å²) in [6.07, 6.45) is 2.20. The Labute approximate surface area is 165 Å². The van der Waals surface area contributed by atoms with Gasteiger partial charge in [0.05, 0.1) is 31.4 Å². The van der Waals surface area contributed by atoms with Gasteiger partial charge in [0.25, 0.3) is 0 Å². The average molecular weight is 398 g/mol. The van der Waals surface area contributed by atoms with E-state index in [0.29, 0.717) is 32.8 Å². The number of nitrogens with one attached hydrogen (secondary N) is 1. The minimum Gasteiger partial charge on any atom is -0.383 e. The Kier molecular flexibility index (Phi) is 9.83. The van der Waals surface area contributed by atoms with E-state index >= 15 is 0 Å². The maximum absolute atomic E-state index is 11.7. The summed E-state index contributed by atoms with van der Waals surface area (Å²) in [4.78, 5) is 23.7. The minimum atomic E-state index is -0.438. The zero-order valence-corrected chi connectivity index (χ0v) is 16.6. The highest BCUT2D eigenvalue weighted by Crippen LogP contribution is 2.31. The molecule has 0 atom stereocenters. The number of nitro groups is 1. The van der Waals surface area contributed by atoms with Gasteiger partial charge in [0.15, 0.2) is 0 Å². The van der Waals surface area contributed by atoms with Gasteiger partial charge in [-0.3, -0.25) is 15.0 Å². The molecule has 158 valence electrons. The Bertz CT molecular complexity index is 591. The van der Waals surface area contributed by atoms with Crippen LogP contribution < -0.4 is 10.2 Å². The monoisotopic (exact) mass is 398 g/mol. The summed E-state index contributed by atoms with van der Waals surface area (Å²) in [5.41, 5.74) is -0.124. The lowest BCUT2D eigenvalue weighted by molar-refractivity contribution is -0.383. The van der Waals surface area contributed by atoms with Crippen molar-refractivity contribution in [1.29, 1.82) is 0 Å². The van der Waals surface area contributed by atoms with Crippen LogP contribution in [0.2, 0.25) is 0 Å². The number of morpholine rings is 1. The van der Waals surface area contributed by atoms with Crippen molar-refractivity contribution in [2.75, 3.05) is 90.1 Å². The van der Waals surface area contributed by atoms with Crippen LogP contribution in [0.1, 0.15) is 6.42 Å². The molecule has 1 aromatic rings. The normalized spacial score (nSPS) is 14.8. The Morgan fingerprint density at radius 3 is 2.54 bits per heavy atom. The SMILES string of the molecule is COCCN(CCOC)c1ncnc(NCCCN2CCOCC2)c1[N+](=O)[O-]. The second-order valence-corrected chi connectivity index (χ2v) is 6.36. The Balaban J connectivity index is 2.04. The van der Waals surface area contributed by atoms with Crippen LogP contribution >= 0.6 is 0 Å². The number of hydrogen-bond donors (Lipinski definition) is 1. The van der Waals surface area contributed by atoms with Gasteiger partial charge in [0.1, 0.15) is 6.33 Å². The number of hydrogen-bond acceptors (Lipinski definition) is 10. The molecule has 0 bridgehead atoms. The first-order valence-corrected chi connectivity index (χ1v) is 9.43. The first kappa shape index (κ1) is 22.2. The number of rotatable bonds is 13. The second kappa shape index (κ2) is 12.4. The van der Waals surface area contributed by atoms with Crippen molar-refractivity contribution < 1.29 is 19.1 Å². The van der Waals surface area contributed by atoms with Gasteiger partial charge in [-0.05, 0) is 13.0 Å². The molecule has 1 aromatic heterocycles. The summed E-state index contributed by atoms with van der Waals surface area (Å²) in [5.74, 6) is 0.501. The molecule has 0 aromatic carbocycles. The second-order valence-electron chi connectivity index (χ2n) is 6.36. The van der Waals surface area contributed by atoms with Crippen LogP contribution in [0.25, 0.3) is 0 Å². The van der Waals surface area contributed by atoms with Gasteiger partial charge in [-0.2, -0.15) is 0 Å². The van der Waals surface area contributed by atoms with Gasteiger partial charge in [0.2, 0.25) is 11.6 Å². The topological polar surface area (TPSA) is 115 Å².